The second-order valence-electron chi connectivity index (χ2n) is 3.88. The van der Waals surface area contributed by atoms with E-state index in [9.17, 15) is 0 Å². The van der Waals surface area contributed by atoms with Gasteiger partial charge < -0.3 is 4.42 Å². The fourth-order valence-corrected chi connectivity index (χ4v) is 1.95. The van der Waals surface area contributed by atoms with Crippen LogP contribution in [0.5, 0.6) is 0 Å². The van der Waals surface area contributed by atoms with Gasteiger partial charge in [0.1, 0.15) is 5.76 Å². The van der Waals surface area contributed by atoms with Gasteiger partial charge >= 0.3 is 0 Å². The number of nitrogens with two attached hydrogens (primary N) is 1. The van der Waals surface area contributed by atoms with Crippen molar-refractivity contribution in [3.63, 3.8) is 0 Å². The first-order valence-electron chi connectivity index (χ1n) is 5.01. The molecule has 4 heteroatoms. The largest absolute Gasteiger partial charge is 0.453 e. The molecule has 78 valence electrons. The van der Waals surface area contributed by atoms with E-state index in [0.29, 0.717) is 0 Å². The van der Waals surface area contributed by atoms with Gasteiger partial charge in [-0.2, -0.15) is 0 Å². The van der Waals surface area contributed by atoms with E-state index in [0.717, 1.165) is 22.8 Å². The number of halogens is 1. The van der Waals surface area contributed by atoms with Gasteiger partial charge in [0.15, 0.2) is 4.67 Å². The van der Waals surface area contributed by atoms with Gasteiger partial charge in [0.25, 0.3) is 0 Å². The zero-order valence-electron chi connectivity index (χ0n) is 8.00. The quantitative estimate of drug-likeness (QED) is 0.631. The van der Waals surface area contributed by atoms with E-state index in [1.165, 1.54) is 19.3 Å². The minimum absolute atomic E-state index is 0.155. The number of hydrogen-bond donors (Lipinski definition) is 2. The van der Waals surface area contributed by atoms with Crippen LogP contribution in [-0.4, -0.2) is 0 Å². The van der Waals surface area contributed by atoms with Crippen molar-refractivity contribution in [2.24, 2.45) is 11.8 Å². The van der Waals surface area contributed by atoms with Gasteiger partial charge in [0.05, 0.1) is 6.04 Å². The van der Waals surface area contributed by atoms with Crippen molar-refractivity contribution in [3.8, 4) is 0 Å². The molecule has 0 saturated heterocycles. The van der Waals surface area contributed by atoms with E-state index in [2.05, 4.69) is 21.4 Å². The van der Waals surface area contributed by atoms with E-state index >= 15 is 0 Å². The molecule has 0 amide bonds. The molecule has 1 aliphatic rings. The van der Waals surface area contributed by atoms with Gasteiger partial charge in [-0.05, 0) is 46.8 Å². The van der Waals surface area contributed by atoms with Crippen LogP contribution in [0.2, 0.25) is 0 Å². The highest BCUT2D eigenvalue weighted by molar-refractivity contribution is 9.10. The summed E-state index contributed by atoms with van der Waals surface area (Å²) in [6, 6.07) is 4.01. The molecule has 1 fully saturated rings. The van der Waals surface area contributed by atoms with Gasteiger partial charge in [-0.3, -0.25) is 5.84 Å². The van der Waals surface area contributed by atoms with Crippen LogP contribution in [0.4, 0.5) is 0 Å². The van der Waals surface area contributed by atoms with E-state index < -0.39 is 0 Å². The Balaban J connectivity index is 1.90. The summed E-state index contributed by atoms with van der Waals surface area (Å²) >= 11 is 3.29. The van der Waals surface area contributed by atoms with Crippen LogP contribution < -0.4 is 11.3 Å². The zero-order valence-corrected chi connectivity index (χ0v) is 9.59. The predicted octanol–water partition coefficient (Wildman–Crippen LogP) is 2.74. The summed E-state index contributed by atoms with van der Waals surface area (Å²) in [6.07, 6.45) is 5.08. The van der Waals surface area contributed by atoms with Crippen molar-refractivity contribution in [3.05, 3.63) is 22.6 Å². The van der Waals surface area contributed by atoms with Crippen molar-refractivity contribution in [2.75, 3.05) is 0 Å². The molecule has 14 heavy (non-hydrogen) atoms. The Morgan fingerprint density at radius 2 is 2.36 bits per heavy atom. The third kappa shape index (κ3) is 2.59. The Morgan fingerprint density at radius 3 is 2.86 bits per heavy atom. The Labute approximate surface area is 92.1 Å². The molecule has 1 aromatic heterocycles. The average Bonchev–Trinajstić information content (AvgIpc) is 2.90. The lowest BCUT2D eigenvalue weighted by molar-refractivity contribution is 0.380. The SMILES string of the molecule is NNC(CCC1CC1)c1ccc(Br)o1. The Bertz CT molecular complexity index is 296. The highest BCUT2D eigenvalue weighted by Crippen LogP contribution is 2.36. The molecule has 1 atom stereocenters. The van der Waals surface area contributed by atoms with Crippen molar-refractivity contribution < 1.29 is 4.42 Å². The molecule has 3 nitrogen and oxygen atoms in total. The van der Waals surface area contributed by atoms with Crippen LogP contribution in [0.15, 0.2) is 21.2 Å². The molecular formula is C10H15BrN2O. The molecule has 0 bridgehead atoms. The maximum atomic E-state index is 5.50. The molecule has 1 heterocycles. The lowest BCUT2D eigenvalue weighted by atomic mass is 10.1. The predicted molar refractivity (Wildman–Crippen MR) is 58.4 cm³/mol. The van der Waals surface area contributed by atoms with Gasteiger partial charge in [-0.15, -0.1) is 0 Å². The lowest BCUT2D eigenvalue weighted by Gasteiger charge is -2.12. The number of rotatable bonds is 5. The lowest BCUT2D eigenvalue weighted by Crippen LogP contribution is -2.27. The number of furan rings is 1. The smallest absolute Gasteiger partial charge is 0.169 e. The van der Waals surface area contributed by atoms with E-state index in [4.69, 9.17) is 10.3 Å². The van der Waals surface area contributed by atoms with Crippen LogP contribution in [0.3, 0.4) is 0 Å². The summed E-state index contributed by atoms with van der Waals surface area (Å²) in [5.41, 5.74) is 2.80. The molecule has 0 spiro atoms. The molecule has 1 saturated carbocycles. The highest BCUT2D eigenvalue weighted by atomic mass is 79.9. The molecule has 1 aromatic rings. The second kappa shape index (κ2) is 4.47. The summed E-state index contributed by atoms with van der Waals surface area (Å²) in [7, 11) is 0. The van der Waals surface area contributed by atoms with Crippen LogP contribution in [0, 0.1) is 5.92 Å². The molecular weight excluding hydrogens is 244 g/mol. The van der Waals surface area contributed by atoms with Gasteiger partial charge in [-0.1, -0.05) is 12.8 Å². The first-order valence-corrected chi connectivity index (χ1v) is 5.80. The first kappa shape index (κ1) is 10.2. The zero-order chi connectivity index (χ0) is 9.97. The Morgan fingerprint density at radius 1 is 1.57 bits per heavy atom. The third-order valence-electron chi connectivity index (χ3n) is 2.70. The van der Waals surface area contributed by atoms with Crippen molar-refractivity contribution in [1.29, 1.82) is 0 Å². The average molecular weight is 259 g/mol. The maximum Gasteiger partial charge on any atom is 0.169 e. The minimum atomic E-state index is 0.155. The van der Waals surface area contributed by atoms with Gasteiger partial charge in [0.2, 0.25) is 0 Å². The van der Waals surface area contributed by atoms with Gasteiger partial charge in [0, 0.05) is 0 Å². The van der Waals surface area contributed by atoms with Crippen LogP contribution in [0.25, 0.3) is 0 Å². The molecule has 1 unspecified atom stereocenters. The molecule has 0 radical (unpaired) electrons. The normalized spacial score (nSPS) is 18.4. The summed E-state index contributed by atoms with van der Waals surface area (Å²) in [5, 5.41) is 0. The third-order valence-corrected chi connectivity index (χ3v) is 3.13. The molecule has 2 rings (SSSR count). The fourth-order valence-electron chi connectivity index (χ4n) is 1.63. The monoisotopic (exact) mass is 258 g/mol. The summed E-state index contributed by atoms with van der Waals surface area (Å²) in [6.45, 7) is 0. The maximum absolute atomic E-state index is 5.50. The van der Waals surface area contributed by atoms with Crippen molar-refractivity contribution in [1.82, 2.24) is 5.43 Å². The second-order valence-corrected chi connectivity index (χ2v) is 4.66. The fraction of sp³-hybridized carbons (Fsp3) is 0.600. The minimum Gasteiger partial charge on any atom is -0.453 e. The standard InChI is InChI=1S/C10H15BrN2O/c11-10-6-5-9(14-10)8(13-12)4-3-7-1-2-7/h5-8,13H,1-4,12H2. The molecule has 3 N–H and O–H groups in total. The molecule has 1 aliphatic carbocycles. The Kier molecular flexibility index (Phi) is 3.26. The van der Waals surface area contributed by atoms with Gasteiger partial charge in [-0.25, -0.2) is 5.43 Å². The molecule has 0 aliphatic heterocycles. The first-order chi connectivity index (χ1) is 6.79. The summed E-state index contributed by atoms with van der Waals surface area (Å²) < 4.78 is 6.23. The number of hydrazine groups is 1. The van der Waals surface area contributed by atoms with E-state index in [-0.39, 0.29) is 6.04 Å². The van der Waals surface area contributed by atoms with E-state index in [1.54, 1.807) is 0 Å². The highest BCUT2D eigenvalue weighted by Gasteiger charge is 2.23. The van der Waals surface area contributed by atoms with Crippen LogP contribution in [-0.2, 0) is 0 Å². The Hall–Kier alpha value is -0.320. The van der Waals surface area contributed by atoms with Crippen LogP contribution in [0.1, 0.15) is 37.5 Å². The number of nitrogens with one attached hydrogen (secondary N) is 1. The molecule has 0 aromatic carbocycles. The van der Waals surface area contributed by atoms with Crippen molar-refractivity contribution >= 4 is 15.9 Å². The van der Waals surface area contributed by atoms with Crippen molar-refractivity contribution in [2.45, 2.75) is 31.7 Å². The topological polar surface area (TPSA) is 51.2 Å². The summed E-state index contributed by atoms with van der Waals surface area (Å²) in [5.74, 6) is 7.35. The summed E-state index contributed by atoms with van der Waals surface area (Å²) in [4.78, 5) is 0. The van der Waals surface area contributed by atoms with E-state index in [1.807, 2.05) is 12.1 Å². The van der Waals surface area contributed by atoms with Crippen LogP contribution >= 0.6 is 15.9 Å². The number of hydrogen-bond acceptors (Lipinski definition) is 3.